The van der Waals surface area contributed by atoms with Crippen LogP contribution in [-0.4, -0.2) is 44.8 Å². The Bertz CT molecular complexity index is 1240. The number of fused-ring (bicyclic) bond motifs is 1. The van der Waals surface area contributed by atoms with Crippen molar-refractivity contribution in [2.45, 2.75) is 32.4 Å². The number of nitrogens with zero attached hydrogens (tertiary/aromatic N) is 5. The minimum Gasteiger partial charge on any atom is -0.341 e. The number of rotatable bonds is 5. The first-order chi connectivity index (χ1) is 16.1. The minimum atomic E-state index is -0.749. The van der Waals surface area contributed by atoms with Crippen molar-refractivity contribution in [1.82, 2.24) is 19.2 Å². The molecule has 0 unspecified atom stereocenters. The molecule has 33 heavy (non-hydrogen) atoms. The number of anilines is 2. The number of carbonyl (C=O) groups excluding carboxylic acids is 1. The molecule has 2 aliphatic rings. The van der Waals surface area contributed by atoms with E-state index in [0.29, 0.717) is 38.0 Å². The number of piperidine rings is 1. The van der Waals surface area contributed by atoms with Crippen molar-refractivity contribution >= 4 is 17.5 Å². The highest BCUT2D eigenvalue weighted by atomic mass is 16.2. The highest BCUT2D eigenvalue weighted by molar-refractivity contribution is 5.76. The van der Waals surface area contributed by atoms with Crippen LogP contribution in [0.1, 0.15) is 18.4 Å². The van der Waals surface area contributed by atoms with E-state index in [0.717, 1.165) is 29.6 Å². The standard InChI is InChI=1S/C25H27N5O3/c31-22(27-13-11-20(12-14-27)17-19-7-3-1-4-8-19)18-30-24(33)23(32)29-16-15-28(25(29)26-30)21-9-5-2-6-10-21/h1-10,20H,11-18H2. The zero-order valence-corrected chi connectivity index (χ0v) is 18.5. The fraction of sp³-hybridized carbons (Fsp3) is 0.360. The quantitative estimate of drug-likeness (QED) is 0.562. The molecule has 0 radical (unpaired) electrons. The van der Waals surface area contributed by atoms with Gasteiger partial charge in [0.15, 0.2) is 0 Å². The van der Waals surface area contributed by atoms with Crippen molar-refractivity contribution < 1.29 is 4.79 Å². The number of para-hydroxylation sites is 1. The summed E-state index contributed by atoms with van der Waals surface area (Å²) in [7, 11) is 0. The molecule has 0 aliphatic carbocycles. The summed E-state index contributed by atoms with van der Waals surface area (Å²) in [6.07, 6.45) is 2.87. The largest absolute Gasteiger partial charge is 0.341 e. The van der Waals surface area contributed by atoms with Crippen molar-refractivity contribution in [3.63, 3.8) is 0 Å². The third kappa shape index (κ3) is 4.33. The van der Waals surface area contributed by atoms with Crippen LogP contribution in [0.2, 0.25) is 0 Å². The van der Waals surface area contributed by atoms with Crippen LogP contribution in [0, 0.1) is 5.92 Å². The summed E-state index contributed by atoms with van der Waals surface area (Å²) in [6, 6.07) is 20.0. The van der Waals surface area contributed by atoms with Crippen molar-refractivity contribution in [3.8, 4) is 0 Å². The van der Waals surface area contributed by atoms with Gasteiger partial charge in [-0.05, 0) is 42.9 Å². The molecule has 0 atom stereocenters. The van der Waals surface area contributed by atoms with E-state index in [-0.39, 0.29) is 12.5 Å². The van der Waals surface area contributed by atoms with Crippen LogP contribution < -0.4 is 16.0 Å². The molecule has 2 aliphatic heterocycles. The summed E-state index contributed by atoms with van der Waals surface area (Å²) in [5, 5.41) is 4.42. The van der Waals surface area contributed by atoms with Crippen molar-refractivity contribution in [2.75, 3.05) is 24.5 Å². The van der Waals surface area contributed by atoms with Gasteiger partial charge < -0.3 is 9.80 Å². The number of carbonyl (C=O) groups is 1. The van der Waals surface area contributed by atoms with Crippen LogP contribution in [0.3, 0.4) is 0 Å². The van der Waals surface area contributed by atoms with Crippen molar-refractivity contribution in [2.24, 2.45) is 5.92 Å². The maximum atomic E-state index is 13.0. The first kappa shape index (κ1) is 21.2. The summed E-state index contributed by atoms with van der Waals surface area (Å²) in [6.45, 7) is 2.05. The van der Waals surface area contributed by atoms with E-state index in [1.165, 1.54) is 10.1 Å². The van der Waals surface area contributed by atoms with Crippen LogP contribution in [-0.2, 0) is 24.3 Å². The molecule has 3 aromatic rings. The first-order valence-electron chi connectivity index (χ1n) is 11.5. The van der Waals surface area contributed by atoms with Gasteiger partial charge in [-0.2, -0.15) is 0 Å². The monoisotopic (exact) mass is 445 g/mol. The van der Waals surface area contributed by atoms with Gasteiger partial charge in [-0.1, -0.05) is 48.5 Å². The Labute approximate surface area is 191 Å². The number of amides is 1. The molecule has 0 bridgehead atoms. The van der Waals surface area contributed by atoms with Crippen LogP contribution in [0.5, 0.6) is 0 Å². The maximum absolute atomic E-state index is 13.0. The summed E-state index contributed by atoms with van der Waals surface area (Å²) in [5.74, 6) is 0.776. The zero-order valence-electron chi connectivity index (χ0n) is 18.5. The fourth-order valence-electron chi connectivity index (χ4n) is 4.75. The number of aromatic nitrogens is 3. The Kier molecular flexibility index (Phi) is 5.81. The lowest BCUT2D eigenvalue weighted by atomic mass is 9.90. The number of hydrogen-bond acceptors (Lipinski definition) is 5. The van der Waals surface area contributed by atoms with Gasteiger partial charge in [-0.15, -0.1) is 5.10 Å². The molecule has 0 N–H and O–H groups in total. The Morgan fingerprint density at radius 2 is 1.52 bits per heavy atom. The van der Waals surface area contributed by atoms with E-state index in [9.17, 15) is 14.4 Å². The lowest BCUT2D eigenvalue weighted by Crippen LogP contribution is -2.47. The van der Waals surface area contributed by atoms with Gasteiger partial charge in [0.1, 0.15) is 6.54 Å². The second kappa shape index (κ2) is 9.05. The molecule has 5 rings (SSSR count). The molecule has 8 heteroatoms. The van der Waals surface area contributed by atoms with Crippen LogP contribution >= 0.6 is 0 Å². The molecular formula is C25H27N5O3. The molecule has 1 amide bonds. The molecular weight excluding hydrogens is 418 g/mol. The van der Waals surface area contributed by atoms with Gasteiger partial charge in [-0.3, -0.25) is 19.0 Å². The highest BCUT2D eigenvalue weighted by Crippen LogP contribution is 2.26. The number of benzene rings is 2. The molecule has 170 valence electrons. The van der Waals surface area contributed by atoms with Crippen LogP contribution in [0.15, 0.2) is 70.3 Å². The van der Waals surface area contributed by atoms with E-state index in [2.05, 4.69) is 29.4 Å². The maximum Gasteiger partial charge on any atom is 0.333 e. The van der Waals surface area contributed by atoms with Gasteiger partial charge in [0, 0.05) is 31.9 Å². The molecule has 0 spiro atoms. The second-order valence-corrected chi connectivity index (χ2v) is 8.72. The molecule has 2 aromatic carbocycles. The normalized spacial score (nSPS) is 16.1. The molecule has 3 heterocycles. The van der Waals surface area contributed by atoms with E-state index in [1.807, 2.05) is 41.3 Å². The Morgan fingerprint density at radius 3 is 2.21 bits per heavy atom. The van der Waals surface area contributed by atoms with Crippen molar-refractivity contribution in [3.05, 3.63) is 86.9 Å². The Balaban J connectivity index is 1.28. The van der Waals surface area contributed by atoms with Crippen LogP contribution in [0.4, 0.5) is 11.6 Å². The van der Waals surface area contributed by atoms with Crippen LogP contribution in [0.25, 0.3) is 0 Å². The van der Waals surface area contributed by atoms with Gasteiger partial charge in [0.05, 0.1) is 0 Å². The lowest BCUT2D eigenvalue weighted by molar-refractivity contribution is -0.133. The third-order valence-corrected chi connectivity index (χ3v) is 6.59. The highest BCUT2D eigenvalue weighted by Gasteiger charge is 2.28. The first-order valence-corrected chi connectivity index (χ1v) is 11.5. The van der Waals surface area contributed by atoms with E-state index in [4.69, 9.17) is 0 Å². The van der Waals surface area contributed by atoms with E-state index < -0.39 is 11.1 Å². The Hall–Kier alpha value is -3.68. The van der Waals surface area contributed by atoms with Gasteiger partial charge >= 0.3 is 11.1 Å². The van der Waals surface area contributed by atoms with Gasteiger partial charge in [0.25, 0.3) is 0 Å². The van der Waals surface area contributed by atoms with Gasteiger partial charge in [-0.25, -0.2) is 4.68 Å². The summed E-state index contributed by atoms with van der Waals surface area (Å²) in [4.78, 5) is 41.9. The van der Waals surface area contributed by atoms with Crippen molar-refractivity contribution in [1.29, 1.82) is 0 Å². The summed E-state index contributed by atoms with van der Waals surface area (Å²) < 4.78 is 2.43. The average molecular weight is 446 g/mol. The minimum absolute atomic E-state index is 0.170. The zero-order chi connectivity index (χ0) is 22.8. The third-order valence-electron chi connectivity index (χ3n) is 6.59. The van der Waals surface area contributed by atoms with E-state index >= 15 is 0 Å². The molecule has 8 nitrogen and oxygen atoms in total. The number of likely N-dealkylation sites (tertiary alicyclic amines) is 1. The average Bonchev–Trinajstić information content (AvgIpc) is 3.28. The SMILES string of the molecule is O=C(Cn1nc2n(c(=O)c1=O)CCN2c1ccccc1)N1CCC(Cc2ccccc2)CC1. The Morgan fingerprint density at radius 1 is 0.848 bits per heavy atom. The predicted molar refractivity (Wildman–Crippen MR) is 126 cm³/mol. The molecule has 1 saturated heterocycles. The fourth-order valence-corrected chi connectivity index (χ4v) is 4.75. The number of hydrogen-bond donors (Lipinski definition) is 0. The molecule has 1 fully saturated rings. The lowest BCUT2D eigenvalue weighted by Gasteiger charge is -2.32. The molecule has 0 saturated carbocycles. The smallest absolute Gasteiger partial charge is 0.333 e. The second-order valence-electron chi connectivity index (χ2n) is 8.72. The van der Waals surface area contributed by atoms with E-state index in [1.54, 1.807) is 4.90 Å². The van der Waals surface area contributed by atoms with Gasteiger partial charge in [0.2, 0.25) is 11.9 Å². The molecule has 1 aromatic heterocycles. The summed E-state index contributed by atoms with van der Waals surface area (Å²) >= 11 is 0. The summed E-state index contributed by atoms with van der Waals surface area (Å²) in [5.41, 5.74) is 0.834. The topological polar surface area (TPSA) is 80.4 Å². The predicted octanol–water partition coefficient (Wildman–Crippen LogP) is 2.04.